The van der Waals surface area contributed by atoms with E-state index >= 15 is 0 Å². The van der Waals surface area contributed by atoms with Crippen LogP contribution >= 0.6 is 0 Å². The van der Waals surface area contributed by atoms with Crippen molar-refractivity contribution in [3.63, 3.8) is 0 Å². The molecule has 2 nitrogen and oxygen atoms in total. The second-order valence-corrected chi connectivity index (χ2v) is 7.26. The molecule has 0 bridgehead atoms. The van der Waals surface area contributed by atoms with E-state index in [2.05, 4.69) is 63.9 Å². The van der Waals surface area contributed by atoms with Crippen LogP contribution in [0.5, 0.6) is 0 Å². The van der Waals surface area contributed by atoms with Crippen molar-refractivity contribution >= 4 is 5.69 Å². The molecule has 0 radical (unpaired) electrons. The van der Waals surface area contributed by atoms with Gasteiger partial charge in [0.05, 0.1) is 0 Å². The monoisotopic (exact) mass is 274 g/mol. The Morgan fingerprint density at radius 3 is 2.40 bits per heavy atom. The van der Waals surface area contributed by atoms with E-state index in [9.17, 15) is 0 Å². The molecule has 1 aromatic rings. The van der Waals surface area contributed by atoms with Gasteiger partial charge in [0.2, 0.25) is 0 Å². The third kappa shape index (κ3) is 3.01. The fourth-order valence-electron chi connectivity index (χ4n) is 3.50. The standard InChI is InChI=1S/C18H30N2/c1-13-6-9-16(10-7-13)20(5)12-15-8-11-17(19)14(2)18(15,3)4/h6-7,9-10,14-15,17H,8,11-12,19H2,1-5H3. The molecule has 0 heterocycles. The first-order valence-electron chi connectivity index (χ1n) is 7.85. The molecule has 3 atom stereocenters. The van der Waals surface area contributed by atoms with E-state index in [1.165, 1.54) is 17.7 Å². The molecule has 2 rings (SSSR count). The van der Waals surface area contributed by atoms with Crippen LogP contribution in [0.4, 0.5) is 5.69 Å². The molecule has 1 aliphatic carbocycles. The van der Waals surface area contributed by atoms with Gasteiger partial charge in [-0.1, -0.05) is 38.5 Å². The summed E-state index contributed by atoms with van der Waals surface area (Å²) in [5, 5.41) is 0. The first kappa shape index (κ1) is 15.4. The first-order valence-corrected chi connectivity index (χ1v) is 7.85. The molecular weight excluding hydrogens is 244 g/mol. The van der Waals surface area contributed by atoms with E-state index in [0.717, 1.165) is 13.0 Å². The Bertz CT molecular complexity index is 435. The van der Waals surface area contributed by atoms with Crippen molar-refractivity contribution in [2.45, 2.75) is 46.6 Å². The van der Waals surface area contributed by atoms with Gasteiger partial charge in [0, 0.05) is 25.3 Å². The van der Waals surface area contributed by atoms with Crippen LogP contribution in [-0.4, -0.2) is 19.6 Å². The molecule has 1 aromatic carbocycles. The summed E-state index contributed by atoms with van der Waals surface area (Å²) in [6.45, 7) is 10.4. The van der Waals surface area contributed by atoms with Gasteiger partial charge in [0.15, 0.2) is 0 Å². The molecule has 1 fully saturated rings. The highest BCUT2D eigenvalue weighted by Gasteiger charge is 2.41. The summed E-state index contributed by atoms with van der Waals surface area (Å²) in [6.07, 6.45) is 2.41. The fourth-order valence-corrected chi connectivity index (χ4v) is 3.50. The number of rotatable bonds is 3. The van der Waals surface area contributed by atoms with E-state index in [4.69, 9.17) is 5.73 Å². The molecule has 2 N–H and O–H groups in total. The summed E-state index contributed by atoms with van der Waals surface area (Å²) in [7, 11) is 2.21. The fraction of sp³-hybridized carbons (Fsp3) is 0.667. The summed E-state index contributed by atoms with van der Waals surface area (Å²) in [4.78, 5) is 2.40. The Morgan fingerprint density at radius 1 is 1.20 bits per heavy atom. The summed E-state index contributed by atoms with van der Waals surface area (Å²) >= 11 is 0. The lowest BCUT2D eigenvalue weighted by molar-refractivity contribution is 0.0588. The Kier molecular flexibility index (Phi) is 4.43. The summed E-state index contributed by atoms with van der Waals surface area (Å²) < 4.78 is 0. The average molecular weight is 274 g/mol. The van der Waals surface area contributed by atoms with E-state index in [-0.39, 0.29) is 0 Å². The van der Waals surface area contributed by atoms with Crippen LogP contribution in [0.1, 0.15) is 39.2 Å². The first-order chi connectivity index (χ1) is 9.32. The number of nitrogens with zero attached hydrogens (tertiary/aromatic N) is 1. The number of benzene rings is 1. The Hall–Kier alpha value is -1.02. The molecule has 2 heteroatoms. The van der Waals surface area contributed by atoms with Crippen molar-refractivity contribution in [1.82, 2.24) is 0 Å². The smallest absolute Gasteiger partial charge is 0.0363 e. The third-order valence-corrected chi connectivity index (χ3v) is 5.69. The molecule has 0 spiro atoms. The second kappa shape index (κ2) is 5.77. The van der Waals surface area contributed by atoms with Crippen LogP contribution in [0.25, 0.3) is 0 Å². The van der Waals surface area contributed by atoms with Crippen molar-refractivity contribution in [3.8, 4) is 0 Å². The quantitative estimate of drug-likeness (QED) is 0.907. The van der Waals surface area contributed by atoms with Crippen molar-refractivity contribution in [1.29, 1.82) is 0 Å². The minimum Gasteiger partial charge on any atom is -0.374 e. The van der Waals surface area contributed by atoms with Crippen LogP contribution in [0, 0.1) is 24.2 Å². The zero-order valence-corrected chi connectivity index (χ0v) is 13.7. The van der Waals surface area contributed by atoms with Gasteiger partial charge in [0.1, 0.15) is 0 Å². The highest BCUT2D eigenvalue weighted by Crippen LogP contribution is 2.44. The minimum absolute atomic E-state index is 0.316. The molecule has 1 aliphatic rings. The van der Waals surface area contributed by atoms with Crippen LogP contribution in [-0.2, 0) is 0 Å². The van der Waals surface area contributed by atoms with E-state index in [0.29, 0.717) is 23.3 Å². The average Bonchev–Trinajstić information content (AvgIpc) is 2.40. The lowest BCUT2D eigenvalue weighted by Crippen LogP contribution is -2.49. The molecular formula is C18H30N2. The lowest BCUT2D eigenvalue weighted by atomic mass is 9.61. The highest BCUT2D eigenvalue weighted by molar-refractivity contribution is 5.46. The molecule has 0 aliphatic heterocycles. The Labute approximate surface area is 124 Å². The predicted molar refractivity (Wildman–Crippen MR) is 88.1 cm³/mol. The molecule has 3 unspecified atom stereocenters. The summed E-state index contributed by atoms with van der Waals surface area (Å²) in [6, 6.07) is 9.19. The lowest BCUT2D eigenvalue weighted by Gasteiger charge is -2.48. The number of aryl methyl sites for hydroxylation is 1. The molecule has 20 heavy (non-hydrogen) atoms. The molecule has 1 saturated carbocycles. The van der Waals surface area contributed by atoms with Crippen molar-refractivity contribution in [3.05, 3.63) is 29.8 Å². The number of hydrogen-bond acceptors (Lipinski definition) is 2. The molecule has 0 aromatic heterocycles. The maximum atomic E-state index is 6.26. The zero-order valence-electron chi connectivity index (χ0n) is 13.7. The topological polar surface area (TPSA) is 29.3 Å². The van der Waals surface area contributed by atoms with Crippen molar-refractivity contribution in [2.75, 3.05) is 18.5 Å². The second-order valence-electron chi connectivity index (χ2n) is 7.26. The van der Waals surface area contributed by atoms with Gasteiger partial charge in [-0.2, -0.15) is 0 Å². The van der Waals surface area contributed by atoms with Gasteiger partial charge < -0.3 is 10.6 Å². The van der Waals surface area contributed by atoms with E-state index < -0.39 is 0 Å². The molecule has 0 amide bonds. The molecule has 112 valence electrons. The summed E-state index contributed by atoms with van der Waals surface area (Å²) in [5.41, 5.74) is 9.21. The number of hydrogen-bond donors (Lipinski definition) is 1. The van der Waals surface area contributed by atoms with Crippen LogP contribution in [0.3, 0.4) is 0 Å². The van der Waals surface area contributed by atoms with E-state index in [1.807, 2.05) is 0 Å². The van der Waals surface area contributed by atoms with Crippen LogP contribution in [0.15, 0.2) is 24.3 Å². The van der Waals surface area contributed by atoms with E-state index in [1.54, 1.807) is 0 Å². The van der Waals surface area contributed by atoms with Gasteiger partial charge in [-0.3, -0.25) is 0 Å². The van der Waals surface area contributed by atoms with Crippen LogP contribution in [0.2, 0.25) is 0 Å². The SMILES string of the molecule is Cc1ccc(N(C)CC2CCC(N)C(C)C2(C)C)cc1. The number of anilines is 1. The zero-order chi connectivity index (χ0) is 14.9. The maximum absolute atomic E-state index is 6.26. The largest absolute Gasteiger partial charge is 0.374 e. The van der Waals surface area contributed by atoms with Crippen molar-refractivity contribution < 1.29 is 0 Å². The van der Waals surface area contributed by atoms with Gasteiger partial charge in [-0.15, -0.1) is 0 Å². The third-order valence-electron chi connectivity index (χ3n) is 5.69. The van der Waals surface area contributed by atoms with Gasteiger partial charge in [0.25, 0.3) is 0 Å². The number of nitrogens with two attached hydrogens (primary N) is 1. The van der Waals surface area contributed by atoms with Gasteiger partial charge >= 0.3 is 0 Å². The minimum atomic E-state index is 0.316. The maximum Gasteiger partial charge on any atom is 0.0363 e. The summed E-state index contributed by atoms with van der Waals surface area (Å²) in [5.74, 6) is 1.30. The predicted octanol–water partition coefficient (Wildman–Crippen LogP) is 3.83. The Morgan fingerprint density at radius 2 is 1.80 bits per heavy atom. The van der Waals surface area contributed by atoms with Crippen molar-refractivity contribution in [2.24, 2.45) is 23.0 Å². The van der Waals surface area contributed by atoms with Gasteiger partial charge in [-0.05, 0) is 49.1 Å². The van der Waals surface area contributed by atoms with Gasteiger partial charge in [-0.25, -0.2) is 0 Å². The Balaban J connectivity index is 2.07. The normalized spacial score (nSPS) is 29.2. The molecule has 0 saturated heterocycles. The van der Waals surface area contributed by atoms with Crippen LogP contribution < -0.4 is 10.6 Å². The highest BCUT2D eigenvalue weighted by atomic mass is 15.1.